The Bertz CT molecular complexity index is 620. The summed E-state index contributed by atoms with van der Waals surface area (Å²) >= 11 is 7.45. The number of pyridine rings is 1. The minimum Gasteiger partial charge on any atom is -0.396 e. The number of rotatable bonds is 7. The van der Waals surface area contributed by atoms with E-state index < -0.39 is 0 Å². The fourth-order valence-electron chi connectivity index (χ4n) is 1.86. The van der Waals surface area contributed by atoms with Gasteiger partial charge in [0.1, 0.15) is 5.82 Å². The van der Waals surface area contributed by atoms with Crippen molar-refractivity contribution in [3.63, 3.8) is 0 Å². The third kappa shape index (κ3) is 5.67. The van der Waals surface area contributed by atoms with Gasteiger partial charge in [0.05, 0.1) is 13.0 Å². The van der Waals surface area contributed by atoms with Crippen molar-refractivity contribution in [3.8, 4) is 0 Å². The van der Waals surface area contributed by atoms with Crippen LogP contribution < -0.4 is 5.32 Å². The summed E-state index contributed by atoms with van der Waals surface area (Å²) < 4.78 is 0. The summed E-state index contributed by atoms with van der Waals surface area (Å²) in [7, 11) is 0. The van der Waals surface area contributed by atoms with Crippen molar-refractivity contribution in [1.29, 1.82) is 0 Å². The van der Waals surface area contributed by atoms with Crippen molar-refractivity contribution in [3.05, 3.63) is 58.7 Å². The number of thioether (sulfide) groups is 1. The number of amides is 1. The van der Waals surface area contributed by atoms with Gasteiger partial charge >= 0.3 is 0 Å². The van der Waals surface area contributed by atoms with Crippen LogP contribution in [0.25, 0.3) is 0 Å². The number of aliphatic hydroxyl groups is 1. The van der Waals surface area contributed by atoms with Gasteiger partial charge in [0.2, 0.25) is 5.91 Å². The first kappa shape index (κ1) is 16.8. The first-order valence-electron chi connectivity index (χ1n) is 6.85. The van der Waals surface area contributed by atoms with Crippen LogP contribution in [0.3, 0.4) is 0 Å². The second-order valence-corrected chi connectivity index (χ2v) is 6.22. The summed E-state index contributed by atoms with van der Waals surface area (Å²) in [5.41, 5.74) is 1.96. The normalized spacial score (nSPS) is 10.5. The van der Waals surface area contributed by atoms with Gasteiger partial charge in [0.25, 0.3) is 0 Å². The number of carbonyl (C=O) groups is 1. The standard InChI is InChI=1S/C16H17ClN2O2S/c17-14-3-1-12(2-4-14)10-16(21)19-15-9-13(5-6-18-15)11-22-8-7-20/h1-6,9,20H,7-8,10-11H2,(H,18,19,21). The molecule has 0 bridgehead atoms. The third-order valence-electron chi connectivity index (χ3n) is 2.87. The van der Waals surface area contributed by atoms with Gasteiger partial charge in [-0.25, -0.2) is 4.98 Å². The van der Waals surface area contributed by atoms with Gasteiger partial charge in [-0.1, -0.05) is 23.7 Å². The Kier molecular flexibility index (Phi) is 6.71. The molecule has 0 saturated heterocycles. The Morgan fingerprint density at radius 1 is 1.23 bits per heavy atom. The highest BCUT2D eigenvalue weighted by Gasteiger charge is 2.06. The number of halogens is 1. The molecule has 1 heterocycles. The Morgan fingerprint density at radius 2 is 2.00 bits per heavy atom. The maximum Gasteiger partial charge on any atom is 0.229 e. The molecule has 116 valence electrons. The largest absolute Gasteiger partial charge is 0.396 e. The van der Waals surface area contributed by atoms with Crippen LogP contribution in [0.1, 0.15) is 11.1 Å². The highest BCUT2D eigenvalue weighted by Crippen LogP contribution is 2.15. The molecular weight excluding hydrogens is 320 g/mol. The predicted octanol–water partition coefficient (Wildman–Crippen LogP) is 3.14. The zero-order valence-corrected chi connectivity index (χ0v) is 13.5. The Morgan fingerprint density at radius 3 is 2.73 bits per heavy atom. The lowest BCUT2D eigenvalue weighted by Gasteiger charge is -2.07. The maximum atomic E-state index is 12.0. The average Bonchev–Trinajstić information content (AvgIpc) is 2.50. The molecule has 22 heavy (non-hydrogen) atoms. The Labute approximate surface area is 138 Å². The first-order chi connectivity index (χ1) is 10.7. The van der Waals surface area contributed by atoms with Crippen LogP contribution in [-0.4, -0.2) is 28.4 Å². The number of anilines is 1. The van der Waals surface area contributed by atoms with E-state index in [4.69, 9.17) is 16.7 Å². The van der Waals surface area contributed by atoms with Crippen LogP contribution in [0.4, 0.5) is 5.82 Å². The van der Waals surface area contributed by atoms with E-state index in [2.05, 4.69) is 10.3 Å². The summed E-state index contributed by atoms with van der Waals surface area (Å²) in [6.45, 7) is 0.167. The molecule has 0 aliphatic rings. The topological polar surface area (TPSA) is 62.2 Å². The highest BCUT2D eigenvalue weighted by molar-refractivity contribution is 7.98. The Balaban J connectivity index is 1.90. The average molecular weight is 337 g/mol. The fraction of sp³-hybridized carbons (Fsp3) is 0.250. The lowest BCUT2D eigenvalue weighted by molar-refractivity contribution is -0.115. The zero-order valence-electron chi connectivity index (χ0n) is 12.0. The molecule has 2 N–H and O–H groups in total. The second-order valence-electron chi connectivity index (χ2n) is 4.68. The molecule has 0 unspecified atom stereocenters. The number of hydrogen-bond donors (Lipinski definition) is 2. The van der Waals surface area contributed by atoms with Gasteiger partial charge in [-0.3, -0.25) is 4.79 Å². The number of hydrogen-bond acceptors (Lipinski definition) is 4. The molecule has 4 nitrogen and oxygen atoms in total. The van der Waals surface area contributed by atoms with E-state index in [1.807, 2.05) is 24.3 Å². The van der Waals surface area contributed by atoms with E-state index in [0.717, 1.165) is 16.9 Å². The monoisotopic (exact) mass is 336 g/mol. The minimum atomic E-state index is -0.116. The van der Waals surface area contributed by atoms with Crippen molar-refractivity contribution in [1.82, 2.24) is 4.98 Å². The summed E-state index contributed by atoms with van der Waals surface area (Å²) in [6.07, 6.45) is 1.95. The molecular formula is C16H17ClN2O2S. The third-order valence-corrected chi connectivity index (χ3v) is 4.13. The van der Waals surface area contributed by atoms with E-state index in [1.165, 1.54) is 0 Å². The molecule has 2 rings (SSSR count). The van der Waals surface area contributed by atoms with Gasteiger partial charge in [0, 0.05) is 22.7 Å². The van der Waals surface area contributed by atoms with Crippen molar-refractivity contribution in [2.75, 3.05) is 17.7 Å². The number of carbonyl (C=O) groups excluding carboxylic acids is 1. The summed E-state index contributed by atoms with van der Waals surface area (Å²) in [5, 5.41) is 12.2. The number of benzene rings is 1. The summed E-state index contributed by atoms with van der Waals surface area (Å²) in [6, 6.07) is 10.9. The van der Waals surface area contributed by atoms with Crippen LogP contribution in [0.15, 0.2) is 42.6 Å². The number of nitrogens with zero attached hydrogens (tertiary/aromatic N) is 1. The quantitative estimate of drug-likeness (QED) is 0.762. The van der Waals surface area contributed by atoms with Gasteiger partial charge in [-0.05, 0) is 35.4 Å². The number of aromatic nitrogens is 1. The van der Waals surface area contributed by atoms with E-state index >= 15 is 0 Å². The lowest BCUT2D eigenvalue weighted by Crippen LogP contribution is -2.15. The van der Waals surface area contributed by atoms with Crippen LogP contribution in [-0.2, 0) is 17.0 Å². The smallest absolute Gasteiger partial charge is 0.229 e. The summed E-state index contributed by atoms with van der Waals surface area (Å²) in [5.74, 6) is 1.90. The van der Waals surface area contributed by atoms with E-state index in [1.54, 1.807) is 30.1 Å². The Hall–Kier alpha value is -1.56. The minimum absolute atomic E-state index is 0.116. The first-order valence-corrected chi connectivity index (χ1v) is 8.38. The molecule has 1 aromatic carbocycles. The molecule has 0 spiro atoms. The molecule has 1 amide bonds. The van der Waals surface area contributed by atoms with E-state index in [0.29, 0.717) is 16.6 Å². The summed E-state index contributed by atoms with van der Waals surface area (Å²) in [4.78, 5) is 16.2. The lowest BCUT2D eigenvalue weighted by atomic mass is 10.1. The predicted molar refractivity (Wildman–Crippen MR) is 91.3 cm³/mol. The fourth-order valence-corrected chi connectivity index (χ4v) is 2.68. The van der Waals surface area contributed by atoms with Crippen molar-refractivity contribution >= 4 is 35.1 Å². The van der Waals surface area contributed by atoms with Crippen molar-refractivity contribution < 1.29 is 9.90 Å². The highest BCUT2D eigenvalue weighted by atomic mass is 35.5. The van der Waals surface area contributed by atoms with Crippen molar-refractivity contribution in [2.45, 2.75) is 12.2 Å². The SMILES string of the molecule is O=C(Cc1ccc(Cl)cc1)Nc1cc(CSCCO)ccn1. The van der Waals surface area contributed by atoms with Crippen LogP contribution in [0.5, 0.6) is 0 Å². The molecule has 0 saturated carbocycles. The molecule has 0 aliphatic carbocycles. The van der Waals surface area contributed by atoms with Gasteiger partial charge in [-0.2, -0.15) is 11.8 Å². The molecule has 0 fully saturated rings. The molecule has 1 aromatic heterocycles. The number of nitrogens with one attached hydrogen (secondary N) is 1. The van der Waals surface area contributed by atoms with Crippen LogP contribution in [0, 0.1) is 0 Å². The molecule has 2 aromatic rings. The van der Waals surface area contributed by atoms with Crippen LogP contribution >= 0.6 is 23.4 Å². The maximum absolute atomic E-state index is 12.0. The van der Waals surface area contributed by atoms with Gasteiger partial charge < -0.3 is 10.4 Å². The van der Waals surface area contributed by atoms with Crippen LogP contribution in [0.2, 0.25) is 5.02 Å². The molecule has 0 aliphatic heterocycles. The van der Waals surface area contributed by atoms with Crippen molar-refractivity contribution in [2.24, 2.45) is 0 Å². The van der Waals surface area contributed by atoms with Gasteiger partial charge in [-0.15, -0.1) is 0 Å². The molecule has 0 atom stereocenters. The van der Waals surface area contributed by atoms with E-state index in [9.17, 15) is 4.79 Å². The number of aliphatic hydroxyl groups excluding tert-OH is 1. The molecule has 0 radical (unpaired) electrons. The van der Waals surface area contributed by atoms with Gasteiger partial charge in [0.15, 0.2) is 0 Å². The van der Waals surface area contributed by atoms with E-state index in [-0.39, 0.29) is 18.9 Å². The second kappa shape index (κ2) is 8.78. The zero-order chi connectivity index (χ0) is 15.8. The molecule has 6 heteroatoms.